The van der Waals surface area contributed by atoms with Crippen molar-refractivity contribution >= 4 is 12.2 Å². The van der Waals surface area contributed by atoms with E-state index >= 15 is 0 Å². The van der Waals surface area contributed by atoms with Gasteiger partial charge >= 0.3 is 6.18 Å². The third-order valence-electron chi connectivity index (χ3n) is 4.07. The molecule has 0 unspecified atom stereocenters. The Labute approximate surface area is 165 Å². The lowest BCUT2D eigenvalue weighted by Gasteiger charge is -2.23. The highest BCUT2D eigenvalue weighted by molar-refractivity contribution is 7.71. The Balaban J connectivity index is 1.81. The molecule has 2 aromatic carbocycles. The minimum atomic E-state index is -4.34. The van der Waals surface area contributed by atoms with Gasteiger partial charge in [-0.05, 0) is 42.0 Å². The molecule has 1 heterocycles. The topological polar surface area (TPSA) is 35.2 Å². The van der Waals surface area contributed by atoms with Crippen LogP contribution in [0.5, 0.6) is 5.75 Å². The van der Waals surface area contributed by atoms with Gasteiger partial charge in [-0.25, -0.2) is 4.68 Å². The molecule has 0 radical (unpaired) electrons. The molecule has 0 saturated carbocycles. The van der Waals surface area contributed by atoms with E-state index in [4.69, 9.17) is 17.0 Å². The first-order chi connectivity index (χ1) is 13.4. The third kappa shape index (κ3) is 5.20. The molecule has 0 spiro atoms. The number of aromatic nitrogens is 3. The summed E-state index contributed by atoms with van der Waals surface area (Å²) < 4.78 is 47.7. The van der Waals surface area contributed by atoms with Crippen molar-refractivity contribution in [1.82, 2.24) is 19.2 Å². The van der Waals surface area contributed by atoms with Gasteiger partial charge in [0.05, 0.1) is 20.3 Å². The molecule has 0 saturated heterocycles. The van der Waals surface area contributed by atoms with Crippen LogP contribution in [-0.4, -0.2) is 39.1 Å². The maximum absolute atomic E-state index is 13.1. The third-order valence-corrected chi connectivity index (χ3v) is 4.48. The van der Waals surface area contributed by atoms with Crippen LogP contribution in [0.15, 0.2) is 60.9 Å². The Morgan fingerprint density at radius 1 is 1.07 bits per heavy atom. The van der Waals surface area contributed by atoms with Crippen LogP contribution in [0.2, 0.25) is 0 Å². The number of benzene rings is 2. The standard InChI is InChI=1S/C19H19F3N4OS/c1-27-17-9-7-15(8-10-17)11-24(12-19(20,21)22)14-26-18(28)25(13-23-26)16-5-3-2-4-6-16/h2-10,13H,11-12,14H2,1H3. The Morgan fingerprint density at radius 2 is 1.75 bits per heavy atom. The van der Waals surface area contributed by atoms with Crippen molar-refractivity contribution in [2.75, 3.05) is 13.7 Å². The maximum atomic E-state index is 13.1. The molecular weight excluding hydrogens is 389 g/mol. The van der Waals surface area contributed by atoms with Crippen LogP contribution >= 0.6 is 12.2 Å². The van der Waals surface area contributed by atoms with Gasteiger partial charge in [0, 0.05) is 12.2 Å². The second kappa shape index (κ2) is 8.57. The summed E-state index contributed by atoms with van der Waals surface area (Å²) in [5, 5.41) is 4.18. The molecule has 0 atom stereocenters. The molecule has 0 aliphatic heterocycles. The SMILES string of the molecule is COc1ccc(CN(Cn2ncn(-c3ccccc3)c2=S)CC(F)(F)F)cc1. The Kier molecular flexibility index (Phi) is 6.15. The second-order valence-electron chi connectivity index (χ2n) is 6.21. The molecule has 0 aliphatic carbocycles. The number of hydrogen-bond donors (Lipinski definition) is 0. The van der Waals surface area contributed by atoms with Crippen LogP contribution < -0.4 is 4.74 Å². The van der Waals surface area contributed by atoms with Crippen LogP contribution in [0.25, 0.3) is 5.69 Å². The van der Waals surface area contributed by atoms with E-state index in [1.165, 1.54) is 23.0 Å². The van der Waals surface area contributed by atoms with Crippen molar-refractivity contribution in [1.29, 1.82) is 0 Å². The fourth-order valence-electron chi connectivity index (χ4n) is 2.79. The number of rotatable bonds is 7. The van der Waals surface area contributed by atoms with Crippen LogP contribution in [0.3, 0.4) is 0 Å². The monoisotopic (exact) mass is 408 g/mol. The van der Waals surface area contributed by atoms with Crippen LogP contribution in [0.1, 0.15) is 5.56 Å². The second-order valence-corrected chi connectivity index (χ2v) is 6.58. The Morgan fingerprint density at radius 3 is 2.36 bits per heavy atom. The van der Waals surface area contributed by atoms with Crippen molar-refractivity contribution in [3.05, 3.63) is 71.3 Å². The summed E-state index contributed by atoms with van der Waals surface area (Å²) in [5.41, 5.74) is 1.54. The van der Waals surface area contributed by atoms with Crippen molar-refractivity contribution in [2.45, 2.75) is 19.4 Å². The van der Waals surface area contributed by atoms with E-state index in [-0.39, 0.29) is 13.2 Å². The zero-order valence-electron chi connectivity index (χ0n) is 15.1. The van der Waals surface area contributed by atoms with E-state index in [0.29, 0.717) is 10.5 Å². The maximum Gasteiger partial charge on any atom is 0.401 e. The normalized spacial score (nSPS) is 11.8. The zero-order chi connectivity index (χ0) is 20.1. The number of hydrogen-bond acceptors (Lipinski definition) is 4. The fraction of sp³-hybridized carbons (Fsp3) is 0.263. The minimum absolute atomic E-state index is 0.0792. The van der Waals surface area contributed by atoms with Gasteiger partial charge in [0.1, 0.15) is 12.1 Å². The van der Waals surface area contributed by atoms with Crippen LogP contribution in [-0.2, 0) is 13.2 Å². The van der Waals surface area contributed by atoms with Gasteiger partial charge < -0.3 is 4.74 Å². The molecule has 9 heteroatoms. The molecular formula is C19H19F3N4OS. The summed E-state index contributed by atoms with van der Waals surface area (Å²) in [5.74, 6) is 0.648. The van der Waals surface area contributed by atoms with Crippen LogP contribution in [0.4, 0.5) is 13.2 Å². The number of para-hydroxylation sites is 1. The number of ether oxygens (including phenoxy) is 1. The predicted molar refractivity (Wildman–Crippen MR) is 102 cm³/mol. The molecule has 3 rings (SSSR count). The average Bonchev–Trinajstić information content (AvgIpc) is 3.02. The lowest BCUT2D eigenvalue weighted by molar-refractivity contribution is -0.151. The first-order valence-electron chi connectivity index (χ1n) is 8.47. The first kappa shape index (κ1) is 20.1. The van der Waals surface area contributed by atoms with Crippen molar-refractivity contribution in [3.63, 3.8) is 0 Å². The predicted octanol–water partition coefficient (Wildman–Crippen LogP) is 4.43. The summed E-state index contributed by atoms with van der Waals surface area (Å²) in [6.07, 6.45) is -2.83. The summed E-state index contributed by atoms with van der Waals surface area (Å²) in [6, 6.07) is 16.2. The van der Waals surface area contributed by atoms with E-state index in [0.717, 1.165) is 11.3 Å². The van der Waals surface area contributed by atoms with Crippen molar-refractivity contribution in [3.8, 4) is 11.4 Å². The van der Waals surface area contributed by atoms with Gasteiger partial charge in [0.2, 0.25) is 4.77 Å². The summed E-state index contributed by atoms with van der Waals surface area (Å²) >= 11 is 5.40. The largest absolute Gasteiger partial charge is 0.497 e. The van der Waals surface area contributed by atoms with E-state index in [1.54, 1.807) is 28.8 Å². The van der Waals surface area contributed by atoms with Gasteiger partial charge in [0.25, 0.3) is 0 Å². The molecule has 0 amide bonds. The average molecular weight is 408 g/mol. The van der Waals surface area contributed by atoms with E-state index in [1.807, 2.05) is 30.3 Å². The lowest BCUT2D eigenvalue weighted by Crippen LogP contribution is -2.35. The molecule has 0 N–H and O–H groups in total. The van der Waals surface area contributed by atoms with Gasteiger partial charge in [-0.1, -0.05) is 30.3 Å². The molecule has 1 aromatic heterocycles. The van der Waals surface area contributed by atoms with Crippen molar-refractivity contribution in [2.24, 2.45) is 0 Å². The molecule has 148 valence electrons. The number of methoxy groups -OCH3 is 1. The Bertz CT molecular complexity index is 952. The highest BCUT2D eigenvalue weighted by atomic mass is 32.1. The molecule has 5 nitrogen and oxygen atoms in total. The van der Waals surface area contributed by atoms with E-state index in [2.05, 4.69) is 5.10 Å². The summed E-state index contributed by atoms with van der Waals surface area (Å²) in [7, 11) is 1.54. The number of halogens is 3. The Hall–Kier alpha value is -2.65. The molecule has 3 aromatic rings. The van der Waals surface area contributed by atoms with E-state index in [9.17, 15) is 13.2 Å². The fourth-order valence-corrected chi connectivity index (χ4v) is 3.05. The zero-order valence-corrected chi connectivity index (χ0v) is 16.0. The highest BCUT2D eigenvalue weighted by Crippen LogP contribution is 2.20. The van der Waals surface area contributed by atoms with Gasteiger partial charge in [0.15, 0.2) is 0 Å². The van der Waals surface area contributed by atoms with Gasteiger partial charge in [-0.15, -0.1) is 0 Å². The highest BCUT2D eigenvalue weighted by Gasteiger charge is 2.31. The number of alkyl halides is 3. The lowest BCUT2D eigenvalue weighted by atomic mass is 10.2. The first-order valence-corrected chi connectivity index (χ1v) is 8.88. The summed E-state index contributed by atoms with van der Waals surface area (Å²) in [6.45, 7) is -1.05. The number of nitrogens with zero attached hydrogens (tertiary/aromatic N) is 4. The van der Waals surface area contributed by atoms with Gasteiger partial charge in [-0.3, -0.25) is 9.47 Å². The van der Waals surface area contributed by atoms with Gasteiger partial charge in [-0.2, -0.15) is 18.3 Å². The summed E-state index contributed by atoms with van der Waals surface area (Å²) in [4.78, 5) is 1.25. The van der Waals surface area contributed by atoms with Crippen molar-refractivity contribution < 1.29 is 17.9 Å². The molecule has 0 aliphatic rings. The van der Waals surface area contributed by atoms with E-state index < -0.39 is 12.7 Å². The minimum Gasteiger partial charge on any atom is -0.497 e. The molecule has 28 heavy (non-hydrogen) atoms. The smallest absolute Gasteiger partial charge is 0.401 e. The quantitative estimate of drug-likeness (QED) is 0.542. The molecule has 0 bridgehead atoms. The van der Waals surface area contributed by atoms with Crippen LogP contribution in [0, 0.1) is 4.77 Å². The molecule has 0 fully saturated rings.